The van der Waals surface area contributed by atoms with E-state index in [0.29, 0.717) is 41.5 Å². The minimum Gasteiger partial charge on any atom is -0.444 e. The molecule has 0 saturated carbocycles. The van der Waals surface area contributed by atoms with E-state index in [1.54, 1.807) is 45.9 Å². The van der Waals surface area contributed by atoms with Crippen molar-refractivity contribution < 1.29 is 14.3 Å². The van der Waals surface area contributed by atoms with E-state index in [4.69, 9.17) is 21.1 Å². The first-order valence-corrected chi connectivity index (χ1v) is 9.28. The van der Waals surface area contributed by atoms with Crippen molar-refractivity contribution >= 4 is 28.6 Å². The van der Waals surface area contributed by atoms with Gasteiger partial charge < -0.3 is 14.8 Å². The third kappa shape index (κ3) is 5.43. The zero-order valence-corrected chi connectivity index (χ0v) is 17.1. The summed E-state index contributed by atoms with van der Waals surface area (Å²) in [5.74, 6) is 0.417. The molecule has 0 fully saturated rings. The summed E-state index contributed by atoms with van der Waals surface area (Å²) in [6.45, 7) is 10.2. The van der Waals surface area contributed by atoms with Crippen molar-refractivity contribution in [3.8, 4) is 0 Å². The summed E-state index contributed by atoms with van der Waals surface area (Å²) in [7, 11) is 0. The van der Waals surface area contributed by atoms with Crippen LogP contribution in [0.2, 0.25) is 5.02 Å². The fourth-order valence-electron chi connectivity index (χ4n) is 2.64. The van der Waals surface area contributed by atoms with E-state index in [1.807, 2.05) is 6.92 Å². The molecule has 0 saturated heterocycles. The molecule has 1 heterocycles. The standard InChI is InChI=1S/C19H26ClN3O4/c1-6-26-11-10-23-16(12(2)21-18(25)27-19(3,4)5)22-14-9-7-8-13(20)15(14)17(23)24/h7-9,12H,6,10-11H2,1-5H3,(H,21,25)/t12-/m0/s1. The average Bonchev–Trinajstić information content (AvgIpc) is 2.54. The molecule has 0 radical (unpaired) electrons. The Hall–Kier alpha value is -2.12. The summed E-state index contributed by atoms with van der Waals surface area (Å²) in [6.07, 6.45) is -0.577. The first kappa shape index (κ1) is 21.2. The van der Waals surface area contributed by atoms with E-state index in [1.165, 1.54) is 4.57 Å². The molecule has 1 aromatic heterocycles. The van der Waals surface area contributed by atoms with E-state index < -0.39 is 17.7 Å². The largest absolute Gasteiger partial charge is 0.444 e. The van der Waals surface area contributed by atoms with Crippen LogP contribution >= 0.6 is 11.6 Å². The highest BCUT2D eigenvalue weighted by molar-refractivity contribution is 6.35. The number of carbonyl (C=O) groups is 1. The number of ether oxygens (including phenoxy) is 2. The molecule has 2 aromatic rings. The van der Waals surface area contributed by atoms with Crippen LogP contribution in [0.5, 0.6) is 0 Å². The molecule has 1 atom stereocenters. The molecule has 27 heavy (non-hydrogen) atoms. The summed E-state index contributed by atoms with van der Waals surface area (Å²) in [4.78, 5) is 29.7. The van der Waals surface area contributed by atoms with Gasteiger partial charge >= 0.3 is 6.09 Å². The Morgan fingerprint density at radius 3 is 2.70 bits per heavy atom. The Morgan fingerprint density at radius 2 is 2.07 bits per heavy atom. The van der Waals surface area contributed by atoms with E-state index >= 15 is 0 Å². The predicted octanol–water partition coefficient (Wildman–Crippen LogP) is 3.67. The molecular formula is C19H26ClN3O4. The smallest absolute Gasteiger partial charge is 0.408 e. The van der Waals surface area contributed by atoms with Gasteiger partial charge in [0.05, 0.1) is 35.1 Å². The molecule has 0 bridgehead atoms. The summed E-state index contributed by atoms with van der Waals surface area (Å²) in [5, 5.41) is 3.43. The molecule has 1 aromatic carbocycles. The predicted molar refractivity (Wildman–Crippen MR) is 105 cm³/mol. The number of halogens is 1. The second kappa shape index (κ2) is 8.71. The molecule has 1 N–H and O–H groups in total. The molecule has 148 valence electrons. The second-order valence-electron chi connectivity index (χ2n) is 7.13. The zero-order chi connectivity index (χ0) is 20.2. The number of benzene rings is 1. The first-order valence-electron chi connectivity index (χ1n) is 8.90. The highest BCUT2D eigenvalue weighted by atomic mass is 35.5. The molecule has 2 rings (SSSR count). The van der Waals surface area contributed by atoms with Gasteiger partial charge in [-0.1, -0.05) is 17.7 Å². The van der Waals surface area contributed by atoms with Gasteiger partial charge in [0.15, 0.2) is 0 Å². The van der Waals surface area contributed by atoms with Crippen molar-refractivity contribution in [1.29, 1.82) is 0 Å². The lowest BCUT2D eigenvalue weighted by Crippen LogP contribution is -2.37. The molecule has 0 aliphatic carbocycles. The van der Waals surface area contributed by atoms with Gasteiger partial charge in [-0.05, 0) is 46.8 Å². The summed E-state index contributed by atoms with van der Waals surface area (Å²) in [5.41, 5.74) is -0.408. The van der Waals surface area contributed by atoms with Gasteiger partial charge in [0, 0.05) is 6.61 Å². The van der Waals surface area contributed by atoms with Crippen molar-refractivity contribution in [2.24, 2.45) is 0 Å². The molecule has 0 unspecified atom stereocenters. The van der Waals surface area contributed by atoms with Gasteiger partial charge in [-0.3, -0.25) is 9.36 Å². The second-order valence-corrected chi connectivity index (χ2v) is 7.53. The monoisotopic (exact) mass is 395 g/mol. The maximum Gasteiger partial charge on any atom is 0.408 e. The van der Waals surface area contributed by atoms with Gasteiger partial charge in [0.1, 0.15) is 11.4 Å². The maximum absolute atomic E-state index is 13.0. The molecule has 7 nitrogen and oxygen atoms in total. The molecule has 0 aliphatic heterocycles. The average molecular weight is 396 g/mol. The highest BCUT2D eigenvalue weighted by Crippen LogP contribution is 2.21. The van der Waals surface area contributed by atoms with Crippen molar-refractivity contribution in [1.82, 2.24) is 14.9 Å². The molecule has 0 aliphatic rings. The maximum atomic E-state index is 13.0. The van der Waals surface area contributed by atoms with Crippen LogP contribution < -0.4 is 10.9 Å². The van der Waals surface area contributed by atoms with E-state index in [0.717, 1.165) is 0 Å². The molecular weight excluding hydrogens is 370 g/mol. The number of carbonyl (C=O) groups excluding carboxylic acids is 1. The summed E-state index contributed by atoms with van der Waals surface area (Å²) >= 11 is 6.21. The number of nitrogens with one attached hydrogen (secondary N) is 1. The fraction of sp³-hybridized carbons (Fsp3) is 0.526. The van der Waals surface area contributed by atoms with Crippen LogP contribution in [-0.4, -0.2) is 34.5 Å². The summed E-state index contributed by atoms with van der Waals surface area (Å²) in [6, 6.07) is 4.57. The molecule has 1 amide bonds. The van der Waals surface area contributed by atoms with Crippen LogP contribution in [-0.2, 0) is 16.0 Å². The third-order valence-electron chi connectivity index (χ3n) is 3.75. The number of alkyl carbamates (subject to hydrolysis) is 1. The SMILES string of the molecule is CCOCCn1c([C@H](C)NC(=O)OC(C)(C)C)nc2cccc(Cl)c2c1=O. The van der Waals surface area contributed by atoms with Crippen LogP contribution in [0.4, 0.5) is 4.79 Å². The van der Waals surface area contributed by atoms with Gasteiger partial charge in [-0.2, -0.15) is 0 Å². The summed E-state index contributed by atoms with van der Waals surface area (Å²) < 4.78 is 12.2. The van der Waals surface area contributed by atoms with Crippen molar-refractivity contribution in [2.75, 3.05) is 13.2 Å². The van der Waals surface area contributed by atoms with Crippen LogP contribution in [0.1, 0.15) is 46.5 Å². The molecule has 0 spiro atoms. The van der Waals surface area contributed by atoms with Crippen LogP contribution in [0.3, 0.4) is 0 Å². The lowest BCUT2D eigenvalue weighted by molar-refractivity contribution is 0.0504. The number of fused-ring (bicyclic) bond motifs is 1. The normalized spacial score (nSPS) is 12.8. The quantitative estimate of drug-likeness (QED) is 0.754. The number of rotatable bonds is 6. The lowest BCUT2D eigenvalue weighted by atomic mass is 10.2. The number of aromatic nitrogens is 2. The Balaban J connectivity index is 2.45. The number of amides is 1. The number of hydrogen-bond acceptors (Lipinski definition) is 5. The highest BCUT2D eigenvalue weighted by Gasteiger charge is 2.22. The van der Waals surface area contributed by atoms with Gasteiger partial charge in [0.2, 0.25) is 0 Å². The van der Waals surface area contributed by atoms with Crippen LogP contribution in [0.25, 0.3) is 10.9 Å². The topological polar surface area (TPSA) is 82.4 Å². The van der Waals surface area contributed by atoms with Crippen molar-refractivity contribution in [2.45, 2.75) is 52.8 Å². The Bertz CT molecular complexity index is 874. The van der Waals surface area contributed by atoms with Crippen LogP contribution in [0, 0.1) is 0 Å². The zero-order valence-electron chi connectivity index (χ0n) is 16.3. The van der Waals surface area contributed by atoms with Gasteiger partial charge in [0.25, 0.3) is 5.56 Å². The number of hydrogen-bond donors (Lipinski definition) is 1. The Kier molecular flexibility index (Phi) is 6.84. The Labute approximate surface area is 163 Å². The van der Waals surface area contributed by atoms with Gasteiger partial charge in [-0.15, -0.1) is 0 Å². The van der Waals surface area contributed by atoms with Gasteiger partial charge in [-0.25, -0.2) is 9.78 Å². The van der Waals surface area contributed by atoms with Crippen molar-refractivity contribution in [3.05, 3.63) is 39.4 Å². The lowest BCUT2D eigenvalue weighted by Gasteiger charge is -2.23. The van der Waals surface area contributed by atoms with Crippen molar-refractivity contribution in [3.63, 3.8) is 0 Å². The van der Waals surface area contributed by atoms with E-state index in [-0.39, 0.29) is 5.56 Å². The first-order chi connectivity index (χ1) is 12.6. The molecule has 8 heteroatoms. The fourth-order valence-corrected chi connectivity index (χ4v) is 2.89. The minimum absolute atomic E-state index is 0.266. The third-order valence-corrected chi connectivity index (χ3v) is 4.06. The number of nitrogens with zero attached hydrogens (tertiary/aromatic N) is 2. The Morgan fingerprint density at radius 1 is 1.37 bits per heavy atom. The van der Waals surface area contributed by atoms with E-state index in [9.17, 15) is 9.59 Å². The van der Waals surface area contributed by atoms with Crippen LogP contribution in [0.15, 0.2) is 23.0 Å². The minimum atomic E-state index is -0.622. The van der Waals surface area contributed by atoms with E-state index in [2.05, 4.69) is 10.3 Å².